The van der Waals surface area contributed by atoms with Crippen molar-refractivity contribution in [1.82, 2.24) is 0 Å². The molecule has 0 aliphatic heterocycles. The standard InChI is InChI=1S/CFO3P/c2-1(3)6(4)5/p+1. The topological polar surface area (TPSA) is 54.4 Å². The molecule has 6 heavy (non-hydrogen) atoms. The van der Waals surface area contributed by atoms with Crippen LogP contribution in [0.15, 0.2) is 0 Å². The summed E-state index contributed by atoms with van der Waals surface area (Å²) in [6, 6.07) is 0. The minimum absolute atomic E-state index is 2.18. The molecular weight excluding hydrogens is 110 g/mol. The Morgan fingerprint density at radius 1 is 1.83 bits per heavy atom. The summed E-state index contributed by atoms with van der Waals surface area (Å²) >= 11 is 0. The average molecular weight is 111 g/mol. The van der Waals surface area contributed by atoms with E-state index in [0.717, 1.165) is 0 Å². The van der Waals surface area contributed by atoms with Gasteiger partial charge < -0.3 is 0 Å². The van der Waals surface area contributed by atoms with Crippen LogP contribution in [-0.4, -0.2) is 10.7 Å². The molecule has 1 atom stereocenters. The highest BCUT2D eigenvalue weighted by Crippen LogP contribution is 2.14. The SMILES string of the molecule is O=C(F)[P+](=O)O. The van der Waals surface area contributed by atoms with Crippen molar-refractivity contribution in [3.8, 4) is 0 Å². The lowest BCUT2D eigenvalue weighted by atomic mass is 11.7. The van der Waals surface area contributed by atoms with Gasteiger partial charge in [-0.1, -0.05) is 0 Å². The van der Waals surface area contributed by atoms with Crippen LogP contribution >= 0.6 is 8.03 Å². The first-order valence-electron chi connectivity index (χ1n) is 0.999. The van der Waals surface area contributed by atoms with E-state index in [2.05, 4.69) is 0 Å². The van der Waals surface area contributed by atoms with Crippen molar-refractivity contribution in [1.29, 1.82) is 0 Å². The van der Waals surface area contributed by atoms with Gasteiger partial charge in [0.05, 0.1) is 0 Å². The Kier molecular flexibility index (Phi) is 1.84. The second-order valence-electron chi connectivity index (χ2n) is 0.526. The van der Waals surface area contributed by atoms with Gasteiger partial charge in [-0.25, -0.2) is 0 Å². The second kappa shape index (κ2) is 1.95. The summed E-state index contributed by atoms with van der Waals surface area (Å²) in [5, 5.41) is 0. The zero-order valence-electron chi connectivity index (χ0n) is 2.59. The largest absolute Gasteiger partial charge is 0.624 e. The number of hydrogen-bond acceptors (Lipinski definition) is 2. The second-order valence-corrected chi connectivity index (χ2v) is 1.42. The molecule has 0 amide bonds. The van der Waals surface area contributed by atoms with Gasteiger partial charge in [-0.2, -0.15) is 9.69 Å². The molecule has 34 valence electrons. The van der Waals surface area contributed by atoms with E-state index in [4.69, 9.17) is 14.3 Å². The highest BCUT2D eigenvalue weighted by atomic mass is 31.1. The maximum absolute atomic E-state index is 10.7. The lowest BCUT2D eigenvalue weighted by Gasteiger charge is -1.49. The van der Waals surface area contributed by atoms with Crippen LogP contribution in [0, 0.1) is 0 Å². The van der Waals surface area contributed by atoms with E-state index in [9.17, 15) is 4.39 Å². The molecule has 0 aromatic heterocycles. The van der Waals surface area contributed by atoms with Gasteiger partial charge in [0.1, 0.15) is 0 Å². The van der Waals surface area contributed by atoms with Gasteiger partial charge in [-0.15, -0.1) is 4.39 Å². The maximum Gasteiger partial charge on any atom is 0.624 e. The Morgan fingerprint density at radius 2 is 2.00 bits per heavy atom. The molecule has 0 aromatic carbocycles. The average Bonchev–Trinajstić information content (AvgIpc) is 1.36. The van der Waals surface area contributed by atoms with Crippen LogP contribution in [0.25, 0.3) is 0 Å². The van der Waals surface area contributed by atoms with E-state index in [1.54, 1.807) is 0 Å². The first-order valence-corrected chi connectivity index (χ1v) is 2.21. The number of carbonyl (C=O) groups excluding carboxylic acids is 1. The van der Waals surface area contributed by atoms with Crippen LogP contribution in [0.4, 0.5) is 9.18 Å². The van der Waals surface area contributed by atoms with Gasteiger partial charge >= 0.3 is 13.8 Å². The third kappa shape index (κ3) is 1.93. The van der Waals surface area contributed by atoms with Crippen molar-refractivity contribution >= 4 is 13.8 Å². The molecule has 0 radical (unpaired) electrons. The van der Waals surface area contributed by atoms with Crippen LogP contribution in [0.5, 0.6) is 0 Å². The summed E-state index contributed by atoms with van der Waals surface area (Å²) in [4.78, 5) is 16.4. The highest BCUT2D eigenvalue weighted by Gasteiger charge is 2.24. The summed E-state index contributed by atoms with van der Waals surface area (Å²) in [7, 11) is -3.22. The quantitative estimate of drug-likeness (QED) is 0.402. The zero-order valence-corrected chi connectivity index (χ0v) is 3.48. The van der Waals surface area contributed by atoms with Crippen LogP contribution in [0.1, 0.15) is 0 Å². The fraction of sp³-hybridized carbons (Fsp3) is 0. The van der Waals surface area contributed by atoms with Crippen molar-refractivity contribution in [3.05, 3.63) is 0 Å². The minimum atomic E-state index is -3.22. The molecule has 1 unspecified atom stereocenters. The van der Waals surface area contributed by atoms with E-state index in [1.807, 2.05) is 0 Å². The van der Waals surface area contributed by atoms with E-state index in [0.29, 0.717) is 0 Å². The Balaban J connectivity index is 3.57. The number of carbonyl (C=O) groups is 1. The van der Waals surface area contributed by atoms with Crippen LogP contribution in [-0.2, 0) is 4.57 Å². The van der Waals surface area contributed by atoms with Crippen molar-refractivity contribution in [2.45, 2.75) is 0 Å². The van der Waals surface area contributed by atoms with Gasteiger partial charge in [0, 0.05) is 0 Å². The van der Waals surface area contributed by atoms with Crippen LogP contribution < -0.4 is 0 Å². The molecule has 5 heteroatoms. The van der Waals surface area contributed by atoms with Gasteiger partial charge in [-0.05, 0) is 4.57 Å². The normalized spacial score (nSPS) is 10.7. The minimum Gasteiger partial charge on any atom is -0.199 e. The van der Waals surface area contributed by atoms with E-state index in [1.165, 1.54) is 0 Å². The zero-order chi connectivity index (χ0) is 5.15. The summed E-state index contributed by atoms with van der Waals surface area (Å²) in [6.07, 6.45) is 0. The smallest absolute Gasteiger partial charge is 0.199 e. The molecule has 0 aromatic rings. The molecule has 0 saturated heterocycles. The first-order chi connectivity index (χ1) is 2.64. The van der Waals surface area contributed by atoms with E-state index < -0.39 is 13.8 Å². The van der Waals surface area contributed by atoms with Gasteiger partial charge in [0.25, 0.3) is 0 Å². The molecule has 0 aliphatic carbocycles. The number of halogens is 1. The molecule has 3 nitrogen and oxygen atoms in total. The number of rotatable bonds is 1. The van der Waals surface area contributed by atoms with Crippen molar-refractivity contribution in [2.75, 3.05) is 0 Å². The lowest BCUT2D eigenvalue weighted by Crippen LogP contribution is -1.67. The molecule has 0 spiro atoms. The van der Waals surface area contributed by atoms with Gasteiger partial charge in [0.15, 0.2) is 0 Å². The fourth-order valence-electron chi connectivity index (χ4n) is 0. The van der Waals surface area contributed by atoms with Crippen LogP contribution in [0.2, 0.25) is 0 Å². The Morgan fingerprint density at radius 3 is 2.00 bits per heavy atom. The molecular formula is CHFO3P+. The summed E-state index contributed by atoms with van der Waals surface area (Å²) in [6.45, 7) is 0. The molecule has 1 N–H and O–H groups in total. The summed E-state index contributed by atoms with van der Waals surface area (Å²) in [5.41, 5.74) is 0. The first kappa shape index (κ1) is 5.66. The molecule has 0 rings (SSSR count). The molecule has 0 heterocycles. The van der Waals surface area contributed by atoms with Crippen molar-refractivity contribution in [2.24, 2.45) is 0 Å². The Hall–Kier alpha value is -0.340. The third-order valence-electron chi connectivity index (χ3n) is 0.150. The monoisotopic (exact) mass is 111 g/mol. The van der Waals surface area contributed by atoms with Crippen molar-refractivity contribution < 1.29 is 18.6 Å². The predicted octanol–water partition coefficient (Wildman–Crippen LogP) is 0.811. The predicted molar refractivity (Wildman–Crippen MR) is 16.3 cm³/mol. The van der Waals surface area contributed by atoms with Gasteiger partial charge in [-0.3, -0.25) is 0 Å². The molecule has 0 aliphatic rings. The maximum atomic E-state index is 10.7. The fourth-order valence-corrected chi connectivity index (χ4v) is 0. The number of hydrogen-bond donors (Lipinski definition) is 1. The molecule has 0 fully saturated rings. The van der Waals surface area contributed by atoms with Crippen molar-refractivity contribution in [3.63, 3.8) is 0 Å². The Labute approximate surface area is 33.7 Å². The van der Waals surface area contributed by atoms with Crippen LogP contribution in [0.3, 0.4) is 0 Å². The summed E-state index contributed by atoms with van der Waals surface area (Å²) < 4.78 is 19.8. The lowest BCUT2D eigenvalue weighted by molar-refractivity contribution is 0.240. The highest BCUT2D eigenvalue weighted by molar-refractivity contribution is 7.57. The third-order valence-corrected chi connectivity index (χ3v) is 0.451. The summed E-state index contributed by atoms with van der Waals surface area (Å²) in [5.74, 6) is -2.18. The molecule has 0 bridgehead atoms. The molecule has 0 saturated carbocycles. The van der Waals surface area contributed by atoms with E-state index >= 15 is 0 Å². The van der Waals surface area contributed by atoms with Gasteiger partial charge in [0.2, 0.25) is 0 Å². The Bertz CT molecular complexity index is 76.8. The van der Waals surface area contributed by atoms with E-state index in [-0.39, 0.29) is 0 Å².